The normalized spacial score (nSPS) is 19.6. The number of halogens is 1. The topological polar surface area (TPSA) is 62.4 Å². The number of carbonyl (C=O) groups is 1. The van der Waals surface area contributed by atoms with E-state index in [0.717, 1.165) is 5.56 Å². The molecule has 2 aromatic carbocycles. The molecule has 0 bridgehead atoms. The van der Waals surface area contributed by atoms with Crippen molar-refractivity contribution in [1.82, 2.24) is 16.2 Å². The second kappa shape index (κ2) is 8.60. The number of carbonyl (C=O) groups excluding carboxylic acids is 1. The predicted molar refractivity (Wildman–Crippen MR) is 93.3 cm³/mol. The van der Waals surface area contributed by atoms with Crippen LogP contribution in [0.3, 0.4) is 0 Å². The van der Waals surface area contributed by atoms with Crippen molar-refractivity contribution < 1.29 is 13.9 Å². The maximum Gasteiger partial charge on any atom is 0.226 e. The highest BCUT2D eigenvalue weighted by Gasteiger charge is 2.33. The molecule has 1 amide bonds. The fraction of sp³-hybridized carbons (Fsp3) is 0.316. The number of hydrazine groups is 1. The van der Waals surface area contributed by atoms with Crippen molar-refractivity contribution in [3.63, 3.8) is 0 Å². The summed E-state index contributed by atoms with van der Waals surface area (Å²) in [5.74, 6) is 0.209. The molecule has 25 heavy (non-hydrogen) atoms. The van der Waals surface area contributed by atoms with Crippen molar-refractivity contribution in [2.24, 2.45) is 5.92 Å². The van der Waals surface area contributed by atoms with Gasteiger partial charge in [-0.2, -0.15) is 0 Å². The Morgan fingerprint density at radius 1 is 1.16 bits per heavy atom. The summed E-state index contributed by atoms with van der Waals surface area (Å²) < 4.78 is 18.3. The average molecular weight is 343 g/mol. The van der Waals surface area contributed by atoms with Crippen LogP contribution in [0.1, 0.15) is 18.0 Å². The van der Waals surface area contributed by atoms with Gasteiger partial charge in [-0.05, 0) is 36.2 Å². The van der Waals surface area contributed by atoms with E-state index >= 15 is 0 Å². The van der Waals surface area contributed by atoms with Gasteiger partial charge in [0.05, 0.1) is 18.6 Å². The van der Waals surface area contributed by atoms with Crippen LogP contribution in [0.5, 0.6) is 5.75 Å². The van der Waals surface area contributed by atoms with Gasteiger partial charge in [0.2, 0.25) is 5.91 Å². The van der Waals surface area contributed by atoms with Gasteiger partial charge in [-0.3, -0.25) is 10.2 Å². The van der Waals surface area contributed by atoms with E-state index < -0.39 is 0 Å². The SMILES string of the molecule is O=C(NCCCOc1ccc(F)cc1)C1CNNC1c1ccccc1. The molecular formula is C19H22FN3O2. The largest absolute Gasteiger partial charge is 0.494 e. The summed E-state index contributed by atoms with van der Waals surface area (Å²) in [6.07, 6.45) is 0.687. The second-order valence-corrected chi connectivity index (χ2v) is 5.97. The van der Waals surface area contributed by atoms with Gasteiger partial charge in [-0.1, -0.05) is 30.3 Å². The monoisotopic (exact) mass is 343 g/mol. The summed E-state index contributed by atoms with van der Waals surface area (Å²) in [6, 6.07) is 15.8. The van der Waals surface area contributed by atoms with Crippen LogP contribution in [-0.4, -0.2) is 25.6 Å². The van der Waals surface area contributed by atoms with Crippen molar-refractivity contribution in [2.75, 3.05) is 19.7 Å². The van der Waals surface area contributed by atoms with Crippen LogP contribution in [0.2, 0.25) is 0 Å². The molecule has 1 aliphatic heterocycles. The minimum Gasteiger partial charge on any atom is -0.494 e. The average Bonchev–Trinajstić information content (AvgIpc) is 3.13. The van der Waals surface area contributed by atoms with Gasteiger partial charge in [0.1, 0.15) is 11.6 Å². The lowest BCUT2D eigenvalue weighted by Gasteiger charge is -2.18. The Labute approximate surface area is 146 Å². The minimum atomic E-state index is -0.286. The van der Waals surface area contributed by atoms with E-state index in [4.69, 9.17) is 4.74 Å². The number of ether oxygens (including phenoxy) is 1. The predicted octanol–water partition coefficient (Wildman–Crippen LogP) is 2.18. The maximum absolute atomic E-state index is 12.8. The molecule has 0 aromatic heterocycles. The van der Waals surface area contributed by atoms with Crippen molar-refractivity contribution >= 4 is 5.91 Å². The number of nitrogens with one attached hydrogen (secondary N) is 3. The van der Waals surface area contributed by atoms with Gasteiger partial charge >= 0.3 is 0 Å². The van der Waals surface area contributed by atoms with Crippen LogP contribution in [0.4, 0.5) is 4.39 Å². The smallest absolute Gasteiger partial charge is 0.226 e. The highest BCUT2D eigenvalue weighted by Crippen LogP contribution is 2.24. The van der Waals surface area contributed by atoms with E-state index in [9.17, 15) is 9.18 Å². The molecule has 1 heterocycles. The second-order valence-electron chi connectivity index (χ2n) is 5.97. The molecule has 0 saturated carbocycles. The molecule has 0 spiro atoms. The maximum atomic E-state index is 12.8. The van der Waals surface area contributed by atoms with E-state index in [1.165, 1.54) is 12.1 Å². The molecule has 3 N–H and O–H groups in total. The zero-order chi connectivity index (χ0) is 17.5. The lowest BCUT2D eigenvalue weighted by molar-refractivity contribution is -0.124. The molecule has 0 radical (unpaired) electrons. The first-order valence-corrected chi connectivity index (χ1v) is 8.43. The molecule has 5 nitrogen and oxygen atoms in total. The molecule has 132 valence electrons. The first-order valence-electron chi connectivity index (χ1n) is 8.43. The van der Waals surface area contributed by atoms with E-state index in [1.54, 1.807) is 12.1 Å². The third-order valence-electron chi connectivity index (χ3n) is 4.18. The summed E-state index contributed by atoms with van der Waals surface area (Å²) in [6.45, 7) is 1.60. The van der Waals surface area contributed by atoms with Crippen molar-refractivity contribution in [2.45, 2.75) is 12.5 Å². The van der Waals surface area contributed by atoms with Gasteiger partial charge < -0.3 is 10.1 Å². The Hall–Kier alpha value is -2.44. The summed E-state index contributed by atoms with van der Waals surface area (Å²) in [7, 11) is 0. The summed E-state index contributed by atoms with van der Waals surface area (Å²) in [5, 5.41) is 2.96. The third kappa shape index (κ3) is 4.78. The standard InChI is InChI=1S/C19H22FN3O2/c20-15-7-9-16(10-8-15)25-12-4-11-21-19(24)17-13-22-23-18(17)14-5-2-1-3-6-14/h1-3,5-10,17-18,22-23H,4,11-13H2,(H,21,24). The molecule has 2 unspecified atom stereocenters. The lowest BCUT2D eigenvalue weighted by atomic mass is 9.94. The third-order valence-corrected chi connectivity index (χ3v) is 4.18. The zero-order valence-electron chi connectivity index (χ0n) is 13.9. The zero-order valence-corrected chi connectivity index (χ0v) is 13.9. The molecular weight excluding hydrogens is 321 g/mol. The van der Waals surface area contributed by atoms with Crippen molar-refractivity contribution in [1.29, 1.82) is 0 Å². The van der Waals surface area contributed by atoms with Gasteiger partial charge in [0, 0.05) is 13.1 Å². The Kier molecular flexibility index (Phi) is 5.98. The fourth-order valence-electron chi connectivity index (χ4n) is 2.85. The Morgan fingerprint density at radius 2 is 1.92 bits per heavy atom. The number of rotatable bonds is 7. The van der Waals surface area contributed by atoms with Gasteiger partial charge in [0.15, 0.2) is 0 Å². The Bertz CT molecular complexity index is 679. The molecule has 1 saturated heterocycles. The van der Waals surface area contributed by atoms with Crippen LogP contribution < -0.4 is 20.9 Å². The quantitative estimate of drug-likeness (QED) is 0.675. The van der Waals surface area contributed by atoms with E-state index in [-0.39, 0.29) is 23.7 Å². The van der Waals surface area contributed by atoms with E-state index in [2.05, 4.69) is 16.2 Å². The van der Waals surface area contributed by atoms with Crippen molar-refractivity contribution in [3.8, 4) is 5.75 Å². The van der Waals surface area contributed by atoms with E-state index in [1.807, 2.05) is 30.3 Å². The van der Waals surface area contributed by atoms with Gasteiger partial charge in [-0.25, -0.2) is 9.82 Å². The molecule has 1 aliphatic rings. The molecule has 2 atom stereocenters. The fourth-order valence-corrected chi connectivity index (χ4v) is 2.85. The molecule has 6 heteroatoms. The number of amides is 1. The van der Waals surface area contributed by atoms with Gasteiger partial charge in [-0.15, -0.1) is 0 Å². The molecule has 0 aliphatic carbocycles. The minimum absolute atomic E-state index is 0.0214. The Balaban J connectivity index is 1.40. The molecule has 2 aromatic rings. The van der Waals surface area contributed by atoms with Gasteiger partial charge in [0.25, 0.3) is 0 Å². The first-order chi connectivity index (χ1) is 12.2. The highest BCUT2D eigenvalue weighted by atomic mass is 19.1. The van der Waals surface area contributed by atoms with Crippen LogP contribution in [0.15, 0.2) is 54.6 Å². The number of hydrogen-bond donors (Lipinski definition) is 3. The number of hydrogen-bond acceptors (Lipinski definition) is 4. The number of benzene rings is 2. The van der Waals surface area contributed by atoms with Crippen LogP contribution >= 0.6 is 0 Å². The van der Waals surface area contributed by atoms with Crippen molar-refractivity contribution in [3.05, 3.63) is 66.0 Å². The lowest BCUT2D eigenvalue weighted by Crippen LogP contribution is -2.36. The van der Waals surface area contributed by atoms with E-state index in [0.29, 0.717) is 31.9 Å². The Morgan fingerprint density at radius 3 is 2.68 bits per heavy atom. The van der Waals surface area contributed by atoms with Crippen LogP contribution in [0.25, 0.3) is 0 Å². The van der Waals surface area contributed by atoms with Crippen LogP contribution in [0, 0.1) is 11.7 Å². The summed E-state index contributed by atoms with van der Waals surface area (Å²) in [5.41, 5.74) is 7.32. The molecule has 1 fully saturated rings. The first kappa shape index (κ1) is 17.4. The highest BCUT2D eigenvalue weighted by molar-refractivity contribution is 5.80. The van der Waals surface area contributed by atoms with Crippen LogP contribution in [-0.2, 0) is 4.79 Å². The summed E-state index contributed by atoms with van der Waals surface area (Å²) >= 11 is 0. The molecule has 3 rings (SSSR count). The summed E-state index contributed by atoms with van der Waals surface area (Å²) in [4.78, 5) is 12.4.